The number of methoxy groups -OCH3 is 1. The third-order valence-corrected chi connectivity index (χ3v) is 2.61. The standard InChI is InChI=1S/C13H27NO2/c1-6-7-12(4)13(15)14(8-9-16-5)10-11(2)3/h11-12H,6-10H2,1-5H3. The molecular formula is C13H27NO2. The summed E-state index contributed by atoms with van der Waals surface area (Å²) in [6, 6.07) is 0. The predicted octanol–water partition coefficient (Wildman–Crippen LogP) is 2.55. The summed E-state index contributed by atoms with van der Waals surface area (Å²) in [6.45, 7) is 10.6. The molecule has 0 radical (unpaired) electrons. The van der Waals surface area contributed by atoms with E-state index in [-0.39, 0.29) is 11.8 Å². The lowest BCUT2D eigenvalue weighted by atomic mass is 10.0. The minimum absolute atomic E-state index is 0.139. The van der Waals surface area contributed by atoms with E-state index < -0.39 is 0 Å². The molecule has 0 aromatic heterocycles. The molecule has 1 amide bonds. The van der Waals surface area contributed by atoms with Crippen molar-refractivity contribution in [2.24, 2.45) is 11.8 Å². The number of rotatable bonds is 8. The largest absolute Gasteiger partial charge is 0.383 e. The summed E-state index contributed by atoms with van der Waals surface area (Å²) in [4.78, 5) is 14.1. The lowest BCUT2D eigenvalue weighted by Crippen LogP contribution is -2.39. The third kappa shape index (κ3) is 6.11. The maximum atomic E-state index is 12.1. The number of carbonyl (C=O) groups is 1. The molecule has 0 fully saturated rings. The van der Waals surface area contributed by atoms with Crippen molar-refractivity contribution < 1.29 is 9.53 Å². The molecule has 0 N–H and O–H groups in total. The SMILES string of the molecule is CCCC(C)C(=O)N(CCOC)CC(C)C. The van der Waals surface area contributed by atoms with Crippen molar-refractivity contribution in [1.82, 2.24) is 4.90 Å². The Morgan fingerprint density at radius 2 is 1.94 bits per heavy atom. The Labute approximate surface area is 100 Å². The summed E-state index contributed by atoms with van der Waals surface area (Å²) in [7, 11) is 1.67. The fraction of sp³-hybridized carbons (Fsp3) is 0.923. The smallest absolute Gasteiger partial charge is 0.225 e. The van der Waals surface area contributed by atoms with Crippen LogP contribution in [0.5, 0.6) is 0 Å². The Morgan fingerprint density at radius 1 is 1.31 bits per heavy atom. The van der Waals surface area contributed by atoms with Crippen molar-refractivity contribution in [2.45, 2.75) is 40.5 Å². The van der Waals surface area contributed by atoms with Crippen molar-refractivity contribution in [3.05, 3.63) is 0 Å². The normalized spacial score (nSPS) is 12.9. The minimum Gasteiger partial charge on any atom is -0.383 e. The first-order chi connectivity index (χ1) is 7.52. The van der Waals surface area contributed by atoms with Crippen LogP contribution >= 0.6 is 0 Å². The first-order valence-electron chi connectivity index (χ1n) is 6.30. The third-order valence-electron chi connectivity index (χ3n) is 2.61. The van der Waals surface area contributed by atoms with Gasteiger partial charge in [0.2, 0.25) is 5.91 Å². The molecule has 1 unspecified atom stereocenters. The maximum Gasteiger partial charge on any atom is 0.225 e. The molecular weight excluding hydrogens is 202 g/mol. The van der Waals surface area contributed by atoms with Gasteiger partial charge in [-0.15, -0.1) is 0 Å². The fourth-order valence-electron chi connectivity index (χ4n) is 1.80. The Hall–Kier alpha value is -0.570. The molecule has 0 aromatic carbocycles. The summed E-state index contributed by atoms with van der Waals surface area (Å²) in [6.07, 6.45) is 2.03. The van der Waals surface area contributed by atoms with Gasteiger partial charge >= 0.3 is 0 Å². The Morgan fingerprint density at radius 3 is 2.38 bits per heavy atom. The molecule has 0 saturated heterocycles. The highest BCUT2D eigenvalue weighted by atomic mass is 16.5. The molecule has 0 heterocycles. The number of hydrogen-bond donors (Lipinski definition) is 0. The average molecular weight is 229 g/mol. The highest BCUT2D eigenvalue weighted by molar-refractivity contribution is 5.78. The van der Waals surface area contributed by atoms with Crippen LogP contribution in [0.2, 0.25) is 0 Å². The van der Waals surface area contributed by atoms with Crippen LogP contribution in [-0.4, -0.2) is 37.6 Å². The molecule has 96 valence electrons. The van der Waals surface area contributed by atoms with E-state index in [0.717, 1.165) is 19.4 Å². The lowest BCUT2D eigenvalue weighted by molar-refractivity contribution is -0.136. The van der Waals surface area contributed by atoms with E-state index in [0.29, 0.717) is 19.1 Å². The molecule has 0 bridgehead atoms. The van der Waals surface area contributed by atoms with Crippen LogP contribution in [-0.2, 0) is 9.53 Å². The first kappa shape index (κ1) is 15.4. The van der Waals surface area contributed by atoms with Crippen LogP contribution in [0.25, 0.3) is 0 Å². The maximum absolute atomic E-state index is 12.1. The van der Waals surface area contributed by atoms with Gasteiger partial charge in [-0.3, -0.25) is 4.79 Å². The van der Waals surface area contributed by atoms with Crippen molar-refractivity contribution in [3.8, 4) is 0 Å². The molecule has 0 aliphatic heterocycles. The highest BCUT2D eigenvalue weighted by Crippen LogP contribution is 2.11. The number of nitrogens with zero attached hydrogens (tertiary/aromatic N) is 1. The van der Waals surface area contributed by atoms with E-state index in [1.54, 1.807) is 7.11 Å². The first-order valence-corrected chi connectivity index (χ1v) is 6.30. The molecule has 0 rings (SSSR count). The second-order valence-corrected chi connectivity index (χ2v) is 4.86. The Balaban J connectivity index is 4.29. The summed E-state index contributed by atoms with van der Waals surface area (Å²) in [5.74, 6) is 0.919. The van der Waals surface area contributed by atoms with E-state index >= 15 is 0 Å². The predicted molar refractivity (Wildman–Crippen MR) is 67.4 cm³/mol. The van der Waals surface area contributed by atoms with Crippen LogP contribution in [0.1, 0.15) is 40.5 Å². The zero-order valence-electron chi connectivity index (χ0n) is 11.5. The van der Waals surface area contributed by atoms with Crippen molar-refractivity contribution in [1.29, 1.82) is 0 Å². The van der Waals surface area contributed by atoms with Crippen LogP contribution in [0, 0.1) is 11.8 Å². The summed E-state index contributed by atoms with van der Waals surface area (Å²) in [5, 5.41) is 0. The van der Waals surface area contributed by atoms with E-state index in [2.05, 4.69) is 20.8 Å². The summed E-state index contributed by atoms with van der Waals surface area (Å²) >= 11 is 0. The van der Waals surface area contributed by atoms with Crippen molar-refractivity contribution in [3.63, 3.8) is 0 Å². The monoisotopic (exact) mass is 229 g/mol. The molecule has 1 atom stereocenters. The molecule has 0 aromatic rings. The molecule has 0 saturated carbocycles. The number of carbonyl (C=O) groups excluding carboxylic acids is 1. The van der Waals surface area contributed by atoms with Gasteiger partial charge in [0.15, 0.2) is 0 Å². The minimum atomic E-state index is 0.139. The average Bonchev–Trinajstić information content (AvgIpc) is 2.23. The molecule has 0 aliphatic rings. The van der Waals surface area contributed by atoms with Crippen molar-refractivity contribution in [2.75, 3.05) is 26.8 Å². The quantitative estimate of drug-likeness (QED) is 0.640. The van der Waals surface area contributed by atoms with E-state index in [1.807, 2.05) is 11.8 Å². The molecule has 3 heteroatoms. The van der Waals surface area contributed by atoms with E-state index in [1.165, 1.54) is 0 Å². The van der Waals surface area contributed by atoms with Crippen molar-refractivity contribution >= 4 is 5.91 Å². The van der Waals surface area contributed by atoms with E-state index in [4.69, 9.17) is 4.74 Å². The molecule has 0 spiro atoms. The van der Waals surface area contributed by atoms with Crippen LogP contribution in [0.4, 0.5) is 0 Å². The fourth-order valence-corrected chi connectivity index (χ4v) is 1.80. The topological polar surface area (TPSA) is 29.5 Å². The van der Waals surface area contributed by atoms with Gasteiger partial charge in [0.25, 0.3) is 0 Å². The van der Waals surface area contributed by atoms with Gasteiger partial charge in [-0.2, -0.15) is 0 Å². The van der Waals surface area contributed by atoms with Crippen LogP contribution < -0.4 is 0 Å². The summed E-state index contributed by atoms with van der Waals surface area (Å²) in [5.41, 5.74) is 0. The summed E-state index contributed by atoms with van der Waals surface area (Å²) < 4.78 is 5.05. The Bertz CT molecular complexity index is 192. The molecule has 3 nitrogen and oxygen atoms in total. The highest BCUT2D eigenvalue weighted by Gasteiger charge is 2.20. The lowest BCUT2D eigenvalue weighted by Gasteiger charge is -2.27. The molecule has 0 aliphatic carbocycles. The number of ether oxygens (including phenoxy) is 1. The van der Waals surface area contributed by atoms with Gasteiger partial charge in [-0.25, -0.2) is 0 Å². The van der Waals surface area contributed by atoms with E-state index in [9.17, 15) is 4.79 Å². The zero-order chi connectivity index (χ0) is 12.6. The van der Waals surface area contributed by atoms with Gasteiger partial charge in [0, 0.05) is 26.1 Å². The van der Waals surface area contributed by atoms with Gasteiger partial charge in [0.1, 0.15) is 0 Å². The zero-order valence-corrected chi connectivity index (χ0v) is 11.5. The second-order valence-electron chi connectivity index (χ2n) is 4.86. The van der Waals surface area contributed by atoms with Gasteiger partial charge in [-0.05, 0) is 12.3 Å². The van der Waals surface area contributed by atoms with Crippen LogP contribution in [0.3, 0.4) is 0 Å². The molecule has 16 heavy (non-hydrogen) atoms. The second kappa shape index (κ2) is 8.57. The number of hydrogen-bond acceptors (Lipinski definition) is 2. The number of amides is 1. The Kier molecular flexibility index (Phi) is 8.26. The van der Waals surface area contributed by atoms with Gasteiger partial charge < -0.3 is 9.64 Å². The van der Waals surface area contributed by atoms with Gasteiger partial charge in [-0.1, -0.05) is 34.1 Å². The van der Waals surface area contributed by atoms with Gasteiger partial charge in [0.05, 0.1) is 6.61 Å². The van der Waals surface area contributed by atoms with Crippen LogP contribution in [0.15, 0.2) is 0 Å².